The second-order valence-electron chi connectivity index (χ2n) is 5.11. The van der Waals surface area contributed by atoms with Gasteiger partial charge in [0.05, 0.1) is 48.1 Å². The summed E-state index contributed by atoms with van der Waals surface area (Å²) in [5, 5.41) is 39.1. The summed E-state index contributed by atoms with van der Waals surface area (Å²) in [6.45, 7) is -0.601. The Kier molecular flexibility index (Phi) is 4.37. The number of aliphatic hydroxyl groups excluding tert-OH is 2. The highest BCUT2D eigenvalue weighted by Gasteiger charge is 2.16. The van der Waals surface area contributed by atoms with E-state index >= 15 is 0 Å². The van der Waals surface area contributed by atoms with Crippen molar-refractivity contribution in [2.45, 2.75) is 13.2 Å². The molecule has 0 spiro atoms. The van der Waals surface area contributed by atoms with Crippen LogP contribution in [-0.4, -0.2) is 35.4 Å². The molecule has 0 aliphatic carbocycles. The zero-order valence-electron chi connectivity index (χ0n) is 12.6. The van der Waals surface area contributed by atoms with Crippen molar-refractivity contribution < 1.29 is 20.4 Å². The predicted molar refractivity (Wildman–Crippen MR) is 85.9 cm³/mol. The van der Waals surface area contributed by atoms with Crippen LogP contribution in [0.4, 0.5) is 0 Å². The summed E-state index contributed by atoms with van der Waals surface area (Å²) in [7, 11) is 0. The van der Waals surface area contributed by atoms with Gasteiger partial charge >= 0.3 is 0 Å². The minimum atomic E-state index is -0.301. The van der Waals surface area contributed by atoms with Crippen LogP contribution in [0, 0.1) is 0 Å². The molecule has 0 saturated heterocycles. The van der Waals surface area contributed by atoms with E-state index in [1.165, 1.54) is 24.8 Å². The number of aromatic nitrogens is 3. The van der Waals surface area contributed by atoms with Gasteiger partial charge in [-0.3, -0.25) is 9.97 Å². The smallest absolute Gasteiger partial charge is 0.143 e. The molecule has 0 radical (unpaired) electrons. The van der Waals surface area contributed by atoms with Gasteiger partial charge in [-0.2, -0.15) is 0 Å². The average molecular weight is 325 g/mol. The molecule has 3 aromatic heterocycles. The Hall–Kier alpha value is -3.03. The summed E-state index contributed by atoms with van der Waals surface area (Å²) >= 11 is 0. The maximum atomic E-state index is 10.1. The molecular formula is C17H15N3O4. The average Bonchev–Trinajstić information content (AvgIpc) is 2.61. The van der Waals surface area contributed by atoms with Crippen LogP contribution in [0.15, 0.2) is 43.0 Å². The monoisotopic (exact) mass is 325 g/mol. The van der Waals surface area contributed by atoms with Crippen molar-refractivity contribution in [1.29, 1.82) is 0 Å². The van der Waals surface area contributed by atoms with Gasteiger partial charge in [-0.05, 0) is 12.1 Å². The molecule has 0 saturated carbocycles. The van der Waals surface area contributed by atoms with E-state index in [1.54, 1.807) is 18.2 Å². The van der Waals surface area contributed by atoms with Crippen molar-refractivity contribution in [2.24, 2.45) is 0 Å². The molecule has 0 aliphatic rings. The Balaban J connectivity index is 2.19. The Bertz CT molecular complexity index is 815. The van der Waals surface area contributed by atoms with Gasteiger partial charge in [0.1, 0.15) is 11.5 Å². The molecule has 3 heterocycles. The highest BCUT2D eigenvalue weighted by Crippen LogP contribution is 2.35. The van der Waals surface area contributed by atoms with Crippen LogP contribution in [-0.2, 0) is 13.2 Å². The van der Waals surface area contributed by atoms with Gasteiger partial charge in [-0.25, -0.2) is 4.98 Å². The van der Waals surface area contributed by atoms with E-state index in [9.17, 15) is 20.4 Å². The standard InChI is InChI=1S/C17H15N3O4/c21-8-10-4-18-6-14(23)16(10)12-2-1-3-13(20-12)17-11(9-22)5-19-7-15(17)24/h1-7,21-24H,8-9H2. The third kappa shape index (κ3) is 2.78. The molecule has 24 heavy (non-hydrogen) atoms. The summed E-state index contributed by atoms with van der Waals surface area (Å²) in [6, 6.07) is 5.06. The summed E-state index contributed by atoms with van der Waals surface area (Å²) in [5.74, 6) is -0.208. The molecule has 122 valence electrons. The van der Waals surface area contributed by atoms with Gasteiger partial charge in [0.25, 0.3) is 0 Å². The number of aromatic hydroxyl groups is 2. The lowest BCUT2D eigenvalue weighted by Gasteiger charge is -2.12. The number of hydrogen-bond acceptors (Lipinski definition) is 7. The molecule has 0 bridgehead atoms. The van der Waals surface area contributed by atoms with Crippen molar-refractivity contribution in [3.8, 4) is 34.0 Å². The highest BCUT2D eigenvalue weighted by atomic mass is 16.3. The Labute approximate surface area is 137 Å². The van der Waals surface area contributed by atoms with E-state index in [0.717, 1.165) is 0 Å². The molecule has 0 aliphatic heterocycles. The zero-order chi connectivity index (χ0) is 17.1. The lowest BCUT2D eigenvalue weighted by atomic mass is 10.0. The first-order chi connectivity index (χ1) is 11.7. The first-order valence-corrected chi connectivity index (χ1v) is 7.17. The summed E-state index contributed by atoms with van der Waals surface area (Å²) < 4.78 is 0. The van der Waals surface area contributed by atoms with Crippen LogP contribution in [0.5, 0.6) is 11.5 Å². The third-order valence-corrected chi connectivity index (χ3v) is 3.61. The molecule has 0 atom stereocenters. The molecule has 7 heteroatoms. The Morgan fingerprint density at radius 2 is 1.17 bits per heavy atom. The first-order valence-electron chi connectivity index (χ1n) is 7.17. The van der Waals surface area contributed by atoms with Gasteiger partial charge in [0, 0.05) is 23.5 Å². The van der Waals surface area contributed by atoms with Gasteiger partial charge in [0.2, 0.25) is 0 Å². The van der Waals surface area contributed by atoms with Crippen LogP contribution in [0.1, 0.15) is 11.1 Å². The maximum Gasteiger partial charge on any atom is 0.143 e. The fraction of sp³-hybridized carbons (Fsp3) is 0.118. The minimum absolute atomic E-state index is 0.104. The number of aliphatic hydroxyl groups is 2. The Morgan fingerprint density at radius 3 is 1.58 bits per heavy atom. The van der Waals surface area contributed by atoms with Gasteiger partial charge in [-0.1, -0.05) is 6.07 Å². The molecule has 0 aromatic carbocycles. The van der Waals surface area contributed by atoms with Crippen molar-refractivity contribution in [3.63, 3.8) is 0 Å². The van der Waals surface area contributed by atoms with E-state index in [-0.39, 0.29) is 24.7 Å². The van der Waals surface area contributed by atoms with E-state index in [0.29, 0.717) is 33.6 Å². The topological polar surface area (TPSA) is 120 Å². The van der Waals surface area contributed by atoms with E-state index in [2.05, 4.69) is 15.0 Å². The largest absolute Gasteiger partial charge is 0.506 e. The van der Waals surface area contributed by atoms with Crippen LogP contribution in [0.3, 0.4) is 0 Å². The molecule has 7 nitrogen and oxygen atoms in total. The normalized spacial score (nSPS) is 10.8. The van der Waals surface area contributed by atoms with Crippen molar-refractivity contribution in [3.05, 3.63) is 54.1 Å². The van der Waals surface area contributed by atoms with Gasteiger partial charge in [0.15, 0.2) is 0 Å². The highest BCUT2D eigenvalue weighted by molar-refractivity contribution is 5.75. The van der Waals surface area contributed by atoms with Crippen LogP contribution >= 0.6 is 0 Å². The lowest BCUT2D eigenvalue weighted by Crippen LogP contribution is -1.97. The fourth-order valence-corrected chi connectivity index (χ4v) is 2.53. The molecule has 0 unspecified atom stereocenters. The zero-order valence-corrected chi connectivity index (χ0v) is 12.6. The summed E-state index contributed by atoms with van der Waals surface area (Å²) in [6.07, 6.45) is 5.44. The third-order valence-electron chi connectivity index (χ3n) is 3.61. The van der Waals surface area contributed by atoms with E-state index in [1.807, 2.05) is 0 Å². The van der Waals surface area contributed by atoms with Crippen molar-refractivity contribution in [2.75, 3.05) is 0 Å². The Morgan fingerprint density at radius 1 is 0.708 bits per heavy atom. The van der Waals surface area contributed by atoms with E-state index < -0.39 is 0 Å². The van der Waals surface area contributed by atoms with Gasteiger partial charge in [-0.15, -0.1) is 0 Å². The molecule has 0 fully saturated rings. The number of rotatable bonds is 4. The quantitative estimate of drug-likeness (QED) is 0.575. The molecule has 3 aromatic rings. The second kappa shape index (κ2) is 6.61. The predicted octanol–water partition coefficient (Wildman–Crippen LogP) is 1.60. The fourth-order valence-electron chi connectivity index (χ4n) is 2.53. The molecular weight excluding hydrogens is 310 g/mol. The lowest BCUT2D eigenvalue weighted by molar-refractivity contribution is 0.281. The summed E-state index contributed by atoms with van der Waals surface area (Å²) in [4.78, 5) is 12.1. The van der Waals surface area contributed by atoms with Crippen LogP contribution in [0.2, 0.25) is 0 Å². The van der Waals surface area contributed by atoms with Crippen molar-refractivity contribution >= 4 is 0 Å². The van der Waals surface area contributed by atoms with Gasteiger partial charge < -0.3 is 20.4 Å². The second-order valence-corrected chi connectivity index (χ2v) is 5.11. The van der Waals surface area contributed by atoms with Crippen LogP contribution in [0.25, 0.3) is 22.5 Å². The summed E-state index contributed by atoms with van der Waals surface area (Å²) in [5.41, 5.74) is 2.43. The molecule has 0 amide bonds. The number of hydrogen-bond donors (Lipinski definition) is 4. The molecule has 3 rings (SSSR count). The SMILES string of the molecule is OCc1cncc(O)c1-c1cccc(-c2c(O)cncc2CO)n1. The van der Waals surface area contributed by atoms with E-state index in [4.69, 9.17) is 0 Å². The number of pyridine rings is 3. The van der Waals surface area contributed by atoms with Crippen molar-refractivity contribution in [1.82, 2.24) is 15.0 Å². The number of nitrogens with zero attached hydrogens (tertiary/aromatic N) is 3. The first kappa shape index (κ1) is 15.9. The molecule has 4 N–H and O–H groups in total. The van der Waals surface area contributed by atoms with Crippen LogP contribution < -0.4 is 0 Å². The minimum Gasteiger partial charge on any atom is -0.506 e. The maximum absolute atomic E-state index is 10.1.